The molecule has 0 spiro atoms. The van der Waals surface area contributed by atoms with Crippen LogP contribution in [0.3, 0.4) is 0 Å². The second-order valence-electron chi connectivity index (χ2n) is 4.80. The van der Waals surface area contributed by atoms with E-state index in [1.54, 1.807) is 0 Å². The monoisotopic (exact) mass is 238 g/mol. The van der Waals surface area contributed by atoms with Crippen molar-refractivity contribution >= 4 is 5.69 Å². The fraction of sp³-hybridized carbons (Fsp3) is 0.462. The summed E-state index contributed by atoms with van der Waals surface area (Å²) in [5, 5.41) is 11.4. The normalized spacial score (nSPS) is 11.0. The van der Waals surface area contributed by atoms with E-state index < -0.39 is 11.6 Å². The van der Waals surface area contributed by atoms with E-state index in [1.165, 1.54) is 0 Å². The van der Waals surface area contributed by atoms with Crippen molar-refractivity contribution in [1.29, 1.82) is 5.26 Å². The van der Waals surface area contributed by atoms with Crippen LogP contribution in [-0.4, -0.2) is 6.54 Å². The van der Waals surface area contributed by atoms with Gasteiger partial charge in [0.2, 0.25) is 0 Å². The van der Waals surface area contributed by atoms with Gasteiger partial charge in [-0.05, 0) is 30.0 Å². The lowest BCUT2D eigenvalue weighted by molar-refractivity contribution is 0.363. The zero-order valence-electron chi connectivity index (χ0n) is 10.1. The Balaban J connectivity index is 2.61. The first kappa shape index (κ1) is 13.4. The summed E-state index contributed by atoms with van der Waals surface area (Å²) in [6, 6.07) is 5.40. The van der Waals surface area contributed by atoms with E-state index in [1.807, 2.05) is 13.8 Å². The molecule has 0 fully saturated rings. The molecule has 0 aliphatic carbocycles. The van der Waals surface area contributed by atoms with Crippen molar-refractivity contribution < 1.29 is 8.78 Å². The Hall–Kier alpha value is -1.63. The molecular weight excluding hydrogens is 222 g/mol. The highest BCUT2D eigenvalue weighted by Crippen LogP contribution is 2.24. The highest BCUT2D eigenvalue weighted by Gasteiger charge is 2.17. The molecule has 1 aromatic carbocycles. The van der Waals surface area contributed by atoms with Crippen molar-refractivity contribution in [2.45, 2.75) is 26.7 Å². The van der Waals surface area contributed by atoms with Crippen molar-refractivity contribution in [2.24, 2.45) is 5.41 Å². The molecule has 0 saturated heterocycles. The van der Waals surface area contributed by atoms with Crippen LogP contribution in [-0.2, 0) is 0 Å². The van der Waals surface area contributed by atoms with Gasteiger partial charge in [-0.2, -0.15) is 5.26 Å². The first-order valence-electron chi connectivity index (χ1n) is 5.50. The van der Waals surface area contributed by atoms with Gasteiger partial charge in [0.25, 0.3) is 0 Å². The van der Waals surface area contributed by atoms with Gasteiger partial charge in [-0.1, -0.05) is 13.8 Å². The number of hydrogen-bond donors (Lipinski definition) is 1. The maximum atomic E-state index is 13.3. The van der Waals surface area contributed by atoms with Crippen molar-refractivity contribution in [1.82, 2.24) is 0 Å². The topological polar surface area (TPSA) is 35.8 Å². The van der Waals surface area contributed by atoms with Crippen LogP contribution in [0.2, 0.25) is 0 Å². The maximum absolute atomic E-state index is 13.3. The molecule has 1 rings (SSSR count). The van der Waals surface area contributed by atoms with Crippen LogP contribution in [0.4, 0.5) is 14.5 Å². The summed E-state index contributed by atoms with van der Waals surface area (Å²) in [6.07, 6.45) is 1.17. The van der Waals surface area contributed by atoms with Gasteiger partial charge in [-0.25, -0.2) is 8.78 Å². The number of hydrogen-bond acceptors (Lipinski definition) is 2. The molecule has 0 radical (unpaired) electrons. The average molecular weight is 238 g/mol. The van der Waals surface area contributed by atoms with Crippen LogP contribution in [0.15, 0.2) is 18.2 Å². The van der Waals surface area contributed by atoms with E-state index in [0.29, 0.717) is 19.4 Å². The van der Waals surface area contributed by atoms with E-state index in [4.69, 9.17) is 5.26 Å². The molecular formula is C13H16F2N2. The molecule has 0 saturated carbocycles. The number of halogens is 2. The Kier molecular flexibility index (Phi) is 4.45. The Morgan fingerprint density at radius 3 is 2.71 bits per heavy atom. The Morgan fingerprint density at radius 2 is 2.06 bits per heavy atom. The summed E-state index contributed by atoms with van der Waals surface area (Å²) < 4.78 is 26.2. The quantitative estimate of drug-likeness (QED) is 0.848. The lowest BCUT2D eigenvalue weighted by Crippen LogP contribution is -2.23. The van der Waals surface area contributed by atoms with Crippen LogP contribution >= 0.6 is 0 Å². The van der Waals surface area contributed by atoms with Gasteiger partial charge in [0.05, 0.1) is 11.8 Å². The van der Waals surface area contributed by atoms with Gasteiger partial charge in [-0.3, -0.25) is 0 Å². The molecule has 1 aromatic rings. The number of benzene rings is 1. The molecule has 0 unspecified atom stereocenters. The zero-order chi connectivity index (χ0) is 12.9. The molecule has 2 nitrogen and oxygen atoms in total. The number of nitrogens with zero attached hydrogens (tertiary/aromatic N) is 1. The largest absolute Gasteiger partial charge is 0.382 e. The fourth-order valence-electron chi connectivity index (χ4n) is 1.45. The molecule has 0 aromatic heterocycles. The van der Waals surface area contributed by atoms with Crippen LogP contribution in [0.25, 0.3) is 0 Å². The minimum Gasteiger partial charge on any atom is -0.382 e. The molecule has 92 valence electrons. The summed E-state index contributed by atoms with van der Waals surface area (Å²) in [5.41, 5.74) is 0.0316. The molecule has 0 bridgehead atoms. The summed E-state index contributed by atoms with van der Waals surface area (Å²) in [6.45, 7) is 4.46. The van der Waals surface area contributed by atoms with E-state index in [2.05, 4.69) is 11.4 Å². The second kappa shape index (κ2) is 5.62. The summed E-state index contributed by atoms with van der Waals surface area (Å²) >= 11 is 0. The van der Waals surface area contributed by atoms with Gasteiger partial charge < -0.3 is 5.32 Å². The summed E-state index contributed by atoms with van der Waals surface area (Å²) in [5.74, 6) is -0.939. The standard InChI is InChI=1S/C13H16F2N2/c1-13(2,6-3-7-16)9-17-12-8-10(14)4-5-11(12)15/h4-5,8,17H,3,6,9H2,1-2H3. The number of nitriles is 1. The maximum Gasteiger partial charge on any atom is 0.146 e. The van der Waals surface area contributed by atoms with Crippen LogP contribution in [0.1, 0.15) is 26.7 Å². The van der Waals surface area contributed by atoms with Gasteiger partial charge in [-0.15, -0.1) is 0 Å². The summed E-state index contributed by atoms with van der Waals surface area (Å²) in [7, 11) is 0. The van der Waals surface area contributed by atoms with Gasteiger partial charge in [0, 0.05) is 13.0 Å². The van der Waals surface area contributed by atoms with Gasteiger partial charge in [0.1, 0.15) is 11.6 Å². The third-order valence-corrected chi connectivity index (χ3v) is 2.60. The van der Waals surface area contributed by atoms with E-state index in [9.17, 15) is 8.78 Å². The second-order valence-corrected chi connectivity index (χ2v) is 4.80. The molecule has 4 heteroatoms. The third kappa shape index (κ3) is 4.39. The minimum atomic E-state index is -0.470. The van der Waals surface area contributed by atoms with E-state index in [-0.39, 0.29) is 11.1 Å². The molecule has 1 N–H and O–H groups in total. The Labute approximate surface area is 100 Å². The SMILES string of the molecule is CC(C)(CCC#N)CNc1cc(F)ccc1F. The Bertz CT molecular complexity index is 422. The van der Waals surface area contributed by atoms with Gasteiger partial charge >= 0.3 is 0 Å². The smallest absolute Gasteiger partial charge is 0.146 e. The number of nitrogens with one attached hydrogen (secondary N) is 1. The molecule has 0 amide bonds. The zero-order valence-corrected chi connectivity index (χ0v) is 10.1. The Morgan fingerprint density at radius 1 is 1.35 bits per heavy atom. The minimum absolute atomic E-state index is 0.130. The first-order valence-corrected chi connectivity index (χ1v) is 5.50. The predicted molar refractivity (Wildman–Crippen MR) is 63.5 cm³/mol. The fourth-order valence-corrected chi connectivity index (χ4v) is 1.45. The van der Waals surface area contributed by atoms with Crippen LogP contribution in [0, 0.1) is 28.4 Å². The molecule has 0 atom stereocenters. The first-order chi connectivity index (χ1) is 7.94. The average Bonchev–Trinajstić information content (AvgIpc) is 2.28. The predicted octanol–water partition coefficient (Wildman–Crippen LogP) is 3.71. The van der Waals surface area contributed by atoms with Crippen molar-refractivity contribution in [3.63, 3.8) is 0 Å². The number of anilines is 1. The van der Waals surface area contributed by atoms with E-state index in [0.717, 1.165) is 18.2 Å². The van der Waals surface area contributed by atoms with Gasteiger partial charge in [0.15, 0.2) is 0 Å². The van der Waals surface area contributed by atoms with Crippen molar-refractivity contribution in [2.75, 3.05) is 11.9 Å². The highest BCUT2D eigenvalue weighted by atomic mass is 19.1. The lowest BCUT2D eigenvalue weighted by Gasteiger charge is -2.24. The summed E-state index contributed by atoms with van der Waals surface area (Å²) in [4.78, 5) is 0. The van der Waals surface area contributed by atoms with Crippen LogP contribution in [0.5, 0.6) is 0 Å². The lowest BCUT2D eigenvalue weighted by atomic mass is 9.88. The molecule has 0 heterocycles. The van der Waals surface area contributed by atoms with Crippen molar-refractivity contribution in [3.05, 3.63) is 29.8 Å². The number of rotatable bonds is 5. The molecule has 0 aliphatic rings. The molecule has 0 aliphatic heterocycles. The van der Waals surface area contributed by atoms with E-state index >= 15 is 0 Å². The van der Waals surface area contributed by atoms with Crippen LogP contribution < -0.4 is 5.32 Å². The molecule has 17 heavy (non-hydrogen) atoms. The third-order valence-electron chi connectivity index (χ3n) is 2.60. The highest BCUT2D eigenvalue weighted by molar-refractivity contribution is 5.44. The van der Waals surface area contributed by atoms with Crippen molar-refractivity contribution in [3.8, 4) is 6.07 Å².